The summed E-state index contributed by atoms with van der Waals surface area (Å²) in [5.41, 5.74) is 0.189. The second kappa shape index (κ2) is 6.78. The van der Waals surface area contributed by atoms with E-state index in [1.165, 1.54) is 12.1 Å². The third-order valence-corrected chi connectivity index (χ3v) is 3.74. The van der Waals surface area contributed by atoms with Crippen molar-refractivity contribution in [1.82, 2.24) is 4.90 Å². The molecule has 2 rings (SSSR count). The van der Waals surface area contributed by atoms with E-state index in [1.807, 2.05) is 0 Å². The summed E-state index contributed by atoms with van der Waals surface area (Å²) >= 11 is 0. The van der Waals surface area contributed by atoms with E-state index in [0.717, 1.165) is 25.9 Å². The summed E-state index contributed by atoms with van der Waals surface area (Å²) in [6.45, 7) is 2.81. The highest BCUT2D eigenvalue weighted by molar-refractivity contribution is 5.96. The maximum atomic E-state index is 13.4. The molecule has 1 aromatic rings. The van der Waals surface area contributed by atoms with Gasteiger partial charge in [0.15, 0.2) is 5.78 Å². The second-order valence-corrected chi connectivity index (χ2v) is 5.12. The van der Waals surface area contributed by atoms with Gasteiger partial charge < -0.3 is 10.0 Å². The molecule has 1 atom stereocenters. The molecule has 4 heteroatoms. The van der Waals surface area contributed by atoms with Crippen LogP contribution in [0.2, 0.25) is 0 Å². The van der Waals surface area contributed by atoms with Crippen molar-refractivity contribution in [2.45, 2.75) is 19.3 Å². The summed E-state index contributed by atoms with van der Waals surface area (Å²) in [5, 5.41) is 8.90. The molecule has 0 aliphatic carbocycles. The van der Waals surface area contributed by atoms with Crippen LogP contribution >= 0.6 is 0 Å². The number of hydrogen-bond acceptors (Lipinski definition) is 3. The van der Waals surface area contributed by atoms with E-state index in [9.17, 15) is 9.18 Å². The van der Waals surface area contributed by atoms with Crippen LogP contribution in [-0.2, 0) is 0 Å². The molecule has 3 nitrogen and oxygen atoms in total. The molecule has 1 saturated heterocycles. The molecule has 1 heterocycles. The zero-order valence-electron chi connectivity index (χ0n) is 11.0. The SMILES string of the molecule is O=C(CCN1CCC(CCO)C1)c1ccccc1F. The van der Waals surface area contributed by atoms with Gasteiger partial charge in [-0.05, 0) is 37.4 Å². The highest BCUT2D eigenvalue weighted by Crippen LogP contribution is 2.19. The molecule has 0 spiro atoms. The summed E-state index contributed by atoms with van der Waals surface area (Å²) in [6.07, 6.45) is 2.26. The fourth-order valence-corrected chi connectivity index (χ4v) is 2.62. The Morgan fingerprint density at radius 3 is 2.95 bits per heavy atom. The Morgan fingerprint density at radius 2 is 2.21 bits per heavy atom. The number of ketones is 1. The van der Waals surface area contributed by atoms with Crippen LogP contribution in [0.3, 0.4) is 0 Å². The Balaban J connectivity index is 1.80. The van der Waals surface area contributed by atoms with Gasteiger partial charge in [0.25, 0.3) is 0 Å². The van der Waals surface area contributed by atoms with E-state index < -0.39 is 5.82 Å². The van der Waals surface area contributed by atoms with Crippen LogP contribution in [-0.4, -0.2) is 42.0 Å². The molecule has 19 heavy (non-hydrogen) atoms. The lowest BCUT2D eigenvalue weighted by atomic mass is 10.1. The Morgan fingerprint density at radius 1 is 1.42 bits per heavy atom. The first kappa shape index (κ1) is 14.2. The molecular formula is C15H20FNO2. The molecule has 0 radical (unpaired) electrons. The van der Waals surface area contributed by atoms with Crippen molar-refractivity contribution in [3.8, 4) is 0 Å². The maximum Gasteiger partial charge on any atom is 0.167 e. The minimum Gasteiger partial charge on any atom is -0.396 e. The average Bonchev–Trinajstić information content (AvgIpc) is 2.85. The van der Waals surface area contributed by atoms with E-state index in [4.69, 9.17) is 5.11 Å². The number of nitrogens with zero attached hydrogens (tertiary/aromatic N) is 1. The van der Waals surface area contributed by atoms with Gasteiger partial charge in [-0.25, -0.2) is 4.39 Å². The smallest absolute Gasteiger partial charge is 0.167 e. The third kappa shape index (κ3) is 3.85. The second-order valence-electron chi connectivity index (χ2n) is 5.12. The lowest BCUT2D eigenvalue weighted by Crippen LogP contribution is -2.24. The molecule has 1 aliphatic heterocycles. The minimum atomic E-state index is -0.438. The van der Waals surface area contributed by atoms with Gasteiger partial charge >= 0.3 is 0 Å². The van der Waals surface area contributed by atoms with Gasteiger partial charge in [-0.3, -0.25) is 4.79 Å². The monoisotopic (exact) mass is 265 g/mol. The normalized spacial score (nSPS) is 19.8. The number of benzene rings is 1. The highest BCUT2D eigenvalue weighted by Gasteiger charge is 2.22. The van der Waals surface area contributed by atoms with Crippen molar-refractivity contribution in [3.63, 3.8) is 0 Å². The Kier molecular flexibility index (Phi) is 5.05. The van der Waals surface area contributed by atoms with Crippen molar-refractivity contribution >= 4 is 5.78 Å². The van der Waals surface area contributed by atoms with Gasteiger partial charge in [-0.15, -0.1) is 0 Å². The van der Waals surface area contributed by atoms with Crippen molar-refractivity contribution < 1.29 is 14.3 Å². The van der Waals surface area contributed by atoms with Crippen molar-refractivity contribution in [3.05, 3.63) is 35.6 Å². The van der Waals surface area contributed by atoms with Crippen LogP contribution in [0.4, 0.5) is 4.39 Å². The molecule has 1 aromatic carbocycles. The number of aliphatic hydroxyl groups excluding tert-OH is 1. The van der Waals surface area contributed by atoms with Crippen molar-refractivity contribution in [2.75, 3.05) is 26.2 Å². The Hall–Kier alpha value is -1.26. The molecule has 1 aliphatic rings. The van der Waals surface area contributed by atoms with Crippen molar-refractivity contribution in [2.24, 2.45) is 5.92 Å². The summed E-state index contributed by atoms with van der Waals surface area (Å²) in [5.74, 6) is -0.0376. The van der Waals surface area contributed by atoms with E-state index in [2.05, 4.69) is 4.90 Å². The van der Waals surface area contributed by atoms with E-state index >= 15 is 0 Å². The number of rotatable bonds is 6. The lowest BCUT2D eigenvalue weighted by Gasteiger charge is -2.15. The number of hydrogen-bond donors (Lipinski definition) is 1. The topological polar surface area (TPSA) is 40.5 Å². The molecule has 0 bridgehead atoms. The zero-order valence-corrected chi connectivity index (χ0v) is 11.0. The van der Waals surface area contributed by atoms with E-state index in [-0.39, 0.29) is 18.0 Å². The number of likely N-dealkylation sites (tertiary alicyclic amines) is 1. The molecule has 104 valence electrons. The van der Waals surface area contributed by atoms with Gasteiger partial charge in [0, 0.05) is 26.1 Å². The average molecular weight is 265 g/mol. The highest BCUT2D eigenvalue weighted by atomic mass is 19.1. The molecule has 1 fully saturated rings. The van der Waals surface area contributed by atoms with Gasteiger partial charge in [-0.2, -0.15) is 0 Å². The fraction of sp³-hybridized carbons (Fsp3) is 0.533. The van der Waals surface area contributed by atoms with E-state index in [0.29, 0.717) is 18.9 Å². The summed E-state index contributed by atoms with van der Waals surface area (Å²) in [4.78, 5) is 14.1. The summed E-state index contributed by atoms with van der Waals surface area (Å²) < 4.78 is 13.4. The molecule has 1 unspecified atom stereocenters. The van der Waals surface area contributed by atoms with Crippen LogP contribution in [0, 0.1) is 11.7 Å². The van der Waals surface area contributed by atoms with Crippen LogP contribution in [0.1, 0.15) is 29.6 Å². The molecule has 1 N–H and O–H groups in total. The summed E-state index contributed by atoms with van der Waals surface area (Å²) in [7, 11) is 0. The predicted molar refractivity (Wildman–Crippen MR) is 71.6 cm³/mol. The molecule has 0 saturated carbocycles. The first-order chi connectivity index (χ1) is 9.20. The van der Waals surface area contributed by atoms with Gasteiger partial charge in [0.05, 0.1) is 5.56 Å². The third-order valence-electron chi connectivity index (χ3n) is 3.74. The number of carbonyl (C=O) groups is 1. The Bertz CT molecular complexity index is 436. The van der Waals surface area contributed by atoms with E-state index in [1.54, 1.807) is 12.1 Å². The van der Waals surface area contributed by atoms with Crippen LogP contribution in [0.15, 0.2) is 24.3 Å². The first-order valence-electron chi connectivity index (χ1n) is 6.81. The van der Waals surface area contributed by atoms with Crippen molar-refractivity contribution in [1.29, 1.82) is 0 Å². The predicted octanol–water partition coefficient (Wildman–Crippen LogP) is 2.10. The molecule has 0 amide bonds. The first-order valence-corrected chi connectivity index (χ1v) is 6.81. The quantitative estimate of drug-likeness (QED) is 0.801. The number of halogens is 1. The summed E-state index contributed by atoms with van der Waals surface area (Å²) in [6, 6.07) is 6.13. The zero-order chi connectivity index (χ0) is 13.7. The minimum absolute atomic E-state index is 0.135. The fourth-order valence-electron chi connectivity index (χ4n) is 2.62. The van der Waals surface area contributed by atoms with Crippen LogP contribution in [0.5, 0.6) is 0 Å². The Labute approximate surface area is 113 Å². The maximum absolute atomic E-state index is 13.4. The van der Waals surface area contributed by atoms with Gasteiger partial charge in [0.2, 0.25) is 0 Å². The molecular weight excluding hydrogens is 245 g/mol. The molecule has 0 aromatic heterocycles. The number of Topliss-reactive ketones (excluding diaryl/α,β-unsaturated/α-hetero) is 1. The lowest BCUT2D eigenvalue weighted by molar-refractivity contribution is 0.0964. The number of aliphatic hydroxyl groups is 1. The van der Waals surface area contributed by atoms with Gasteiger partial charge in [0.1, 0.15) is 5.82 Å². The van der Waals surface area contributed by atoms with Crippen LogP contribution in [0.25, 0.3) is 0 Å². The van der Waals surface area contributed by atoms with Gasteiger partial charge in [-0.1, -0.05) is 12.1 Å². The van der Waals surface area contributed by atoms with Crippen LogP contribution < -0.4 is 0 Å². The largest absolute Gasteiger partial charge is 0.396 e. The standard InChI is InChI=1S/C15H20FNO2/c16-14-4-2-1-3-13(14)15(19)6-9-17-8-5-12(11-17)7-10-18/h1-4,12,18H,5-11H2. The number of carbonyl (C=O) groups excluding carboxylic acids is 1.